The van der Waals surface area contributed by atoms with Gasteiger partial charge in [-0.05, 0) is 37.3 Å². The van der Waals surface area contributed by atoms with E-state index in [-0.39, 0.29) is 11.8 Å². The number of nitrogens with one attached hydrogen (secondary N) is 1. The van der Waals surface area contributed by atoms with E-state index in [0.29, 0.717) is 0 Å². The van der Waals surface area contributed by atoms with Gasteiger partial charge in [0.05, 0.1) is 5.69 Å². The van der Waals surface area contributed by atoms with Crippen LogP contribution >= 0.6 is 0 Å². The molecule has 1 heterocycles. The lowest BCUT2D eigenvalue weighted by Gasteiger charge is -2.06. The third kappa shape index (κ3) is 2.83. The molecule has 5 heteroatoms. The Kier molecular flexibility index (Phi) is 3.63. The van der Waals surface area contributed by atoms with Crippen LogP contribution in [0, 0.1) is 12.8 Å². The Labute approximate surface area is 129 Å². The minimum absolute atomic E-state index is 0.00900. The fraction of sp³-hybridized carbons (Fsp3) is 0.235. The number of benzene rings is 2. The van der Waals surface area contributed by atoms with Crippen molar-refractivity contribution in [2.45, 2.75) is 20.8 Å². The van der Waals surface area contributed by atoms with Crippen LogP contribution in [0.2, 0.25) is 0 Å². The van der Waals surface area contributed by atoms with Crippen molar-refractivity contribution in [3.05, 3.63) is 48.0 Å². The zero-order chi connectivity index (χ0) is 15.7. The Morgan fingerprint density at radius 1 is 1.05 bits per heavy atom. The molecule has 3 rings (SSSR count). The zero-order valence-electron chi connectivity index (χ0n) is 12.9. The second-order valence-corrected chi connectivity index (χ2v) is 5.67. The van der Waals surface area contributed by atoms with Gasteiger partial charge in [-0.1, -0.05) is 31.5 Å². The van der Waals surface area contributed by atoms with Crippen LogP contribution in [0.1, 0.15) is 19.4 Å². The average Bonchev–Trinajstić information content (AvgIpc) is 2.91. The fourth-order valence-corrected chi connectivity index (χ4v) is 2.07. The van der Waals surface area contributed by atoms with Gasteiger partial charge in [-0.25, -0.2) is 0 Å². The number of aromatic nitrogens is 3. The van der Waals surface area contributed by atoms with E-state index in [0.717, 1.165) is 22.4 Å². The first-order chi connectivity index (χ1) is 10.5. The Morgan fingerprint density at radius 2 is 1.73 bits per heavy atom. The Hall–Kier alpha value is -2.69. The molecular weight excluding hydrogens is 276 g/mol. The first-order valence-corrected chi connectivity index (χ1v) is 7.28. The molecule has 1 aromatic heterocycles. The molecule has 0 radical (unpaired) electrons. The highest BCUT2D eigenvalue weighted by Gasteiger charge is 2.09. The highest BCUT2D eigenvalue weighted by molar-refractivity contribution is 5.94. The van der Waals surface area contributed by atoms with Crippen molar-refractivity contribution in [3.8, 4) is 5.69 Å². The third-order valence-corrected chi connectivity index (χ3v) is 3.44. The number of rotatable bonds is 3. The highest BCUT2D eigenvalue weighted by atomic mass is 16.1. The highest BCUT2D eigenvalue weighted by Crippen LogP contribution is 2.18. The molecule has 0 aliphatic carbocycles. The maximum absolute atomic E-state index is 11.8. The van der Waals surface area contributed by atoms with Gasteiger partial charge in [-0.15, -0.1) is 10.2 Å². The largest absolute Gasteiger partial charge is 0.326 e. The maximum Gasteiger partial charge on any atom is 0.226 e. The molecule has 0 aliphatic heterocycles. The van der Waals surface area contributed by atoms with E-state index in [1.54, 1.807) is 4.80 Å². The van der Waals surface area contributed by atoms with Crippen molar-refractivity contribution in [1.29, 1.82) is 0 Å². The second kappa shape index (κ2) is 5.60. The van der Waals surface area contributed by atoms with Crippen LogP contribution in [-0.4, -0.2) is 20.9 Å². The third-order valence-electron chi connectivity index (χ3n) is 3.44. The SMILES string of the molecule is Cc1ccc(-n2nc3ccc(NC(=O)C(C)C)cc3n2)cc1. The van der Waals surface area contributed by atoms with E-state index in [2.05, 4.69) is 15.5 Å². The number of carbonyl (C=O) groups excluding carboxylic acids is 1. The molecule has 22 heavy (non-hydrogen) atoms. The molecule has 0 unspecified atom stereocenters. The van der Waals surface area contributed by atoms with Gasteiger partial charge >= 0.3 is 0 Å². The molecule has 0 saturated heterocycles. The molecule has 0 atom stereocenters. The summed E-state index contributed by atoms with van der Waals surface area (Å²) in [5.41, 5.74) is 4.39. The van der Waals surface area contributed by atoms with Crippen LogP contribution in [0.15, 0.2) is 42.5 Å². The lowest BCUT2D eigenvalue weighted by atomic mass is 10.2. The van der Waals surface area contributed by atoms with E-state index in [9.17, 15) is 4.79 Å². The molecule has 0 aliphatic rings. The Bertz CT molecular complexity index is 818. The van der Waals surface area contributed by atoms with Gasteiger partial charge in [0.2, 0.25) is 5.91 Å². The molecule has 0 saturated carbocycles. The maximum atomic E-state index is 11.8. The molecule has 0 spiro atoms. The van der Waals surface area contributed by atoms with Gasteiger partial charge < -0.3 is 5.32 Å². The van der Waals surface area contributed by atoms with Crippen LogP contribution in [0.3, 0.4) is 0 Å². The molecule has 3 aromatic rings. The fourth-order valence-electron chi connectivity index (χ4n) is 2.07. The number of hydrogen-bond donors (Lipinski definition) is 1. The summed E-state index contributed by atoms with van der Waals surface area (Å²) >= 11 is 0. The summed E-state index contributed by atoms with van der Waals surface area (Å²) < 4.78 is 0. The molecule has 112 valence electrons. The number of aryl methyl sites for hydroxylation is 1. The van der Waals surface area contributed by atoms with E-state index in [1.807, 2.05) is 63.2 Å². The lowest BCUT2D eigenvalue weighted by molar-refractivity contribution is -0.118. The Balaban J connectivity index is 1.93. The number of hydrogen-bond acceptors (Lipinski definition) is 3. The minimum Gasteiger partial charge on any atom is -0.326 e. The van der Waals surface area contributed by atoms with Crippen molar-refractivity contribution in [1.82, 2.24) is 15.0 Å². The predicted octanol–water partition coefficient (Wildman–Crippen LogP) is 3.32. The minimum atomic E-state index is -0.0565. The number of fused-ring (bicyclic) bond motifs is 1. The van der Waals surface area contributed by atoms with Crippen molar-refractivity contribution < 1.29 is 4.79 Å². The summed E-state index contributed by atoms with van der Waals surface area (Å²) in [6.45, 7) is 5.77. The standard InChI is InChI=1S/C17H18N4O/c1-11(2)17(22)18-13-6-9-15-16(10-13)20-21(19-15)14-7-4-12(3)5-8-14/h4-11H,1-3H3,(H,18,22). The number of amides is 1. The molecule has 2 aromatic carbocycles. The summed E-state index contributed by atoms with van der Waals surface area (Å²) in [5, 5.41) is 11.8. The molecule has 1 amide bonds. The van der Waals surface area contributed by atoms with Crippen LogP contribution in [0.4, 0.5) is 5.69 Å². The molecule has 0 bridgehead atoms. The zero-order valence-corrected chi connectivity index (χ0v) is 12.9. The van der Waals surface area contributed by atoms with Crippen LogP contribution in [-0.2, 0) is 4.79 Å². The topological polar surface area (TPSA) is 59.8 Å². The lowest BCUT2D eigenvalue weighted by Crippen LogP contribution is -2.17. The predicted molar refractivity (Wildman–Crippen MR) is 87.1 cm³/mol. The molecule has 1 N–H and O–H groups in total. The van der Waals surface area contributed by atoms with E-state index < -0.39 is 0 Å². The molecule has 5 nitrogen and oxygen atoms in total. The average molecular weight is 294 g/mol. The second-order valence-electron chi connectivity index (χ2n) is 5.67. The number of nitrogens with zero attached hydrogens (tertiary/aromatic N) is 3. The summed E-state index contributed by atoms with van der Waals surface area (Å²) in [6, 6.07) is 13.6. The normalized spacial score (nSPS) is 11.1. The van der Waals surface area contributed by atoms with Gasteiger partial charge in [0, 0.05) is 11.6 Å². The van der Waals surface area contributed by atoms with E-state index in [1.165, 1.54) is 5.56 Å². The first kappa shape index (κ1) is 14.3. The van der Waals surface area contributed by atoms with Gasteiger partial charge in [0.15, 0.2) is 0 Å². The summed E-state index contributed by atoms with van der Waals surface area (Å²) in [5.74, 6) is -0.0655. The summed E-state index contributed by atoms with van der Waals surface area (Å²) in [7, 11) is 0. The van der Waals surface area contributed by atoms with Gasteiger partial charge in [-0.2, -0.15) is 4.80 Å². The quantitative estimate of drug-likeness (QED) is 0.806. The van der Waals surface area contributed by atoms with Crippen molar-refractivity contribution >= 4 is 22.6 Å². The van der Waals surface area contributed by atoms with Crippen LogP contribution in [0.25, 0.3) is 16.7 Å². The van der Waals surface area contributed by atoms with Crippen molar-refractivity contribution in [2.75, 3.05) is 5.32 Å². The number of anilines is 1. The van der Waals surface area contributed by atoms with Crippen LogP contribution in [0.5, 0.6) is 0 Å². The molecular formula is C17H18N4O. The molecule has 0 fully saturated rings. The summed E-state index contributed by atoms with van der Waals surface area (Å²) in [6.07, 6.45) is 0. The van der Waals surface area contributed by atoms with Crippen molar-refractivity contribution in [3.63, 3.8) is 0 Å². The first-order valence-electron chi connectivity index (χ1n) is 7.28. The summed E-state index contributed by atoms with van der Waals surface area (Å²) in [4.78, 5) is 13.4. The van der Waals surface area contributed by atoms with Crippen LogP contribution < -0.4 is 5.32 Å². The Morgan fingerprint density at radius 3 is 2.41 bits per heavy atom. The van der Waals surface area contributed by atoms with Gasteiger partial charge in [-0.3, -0.25) is 4.79 Å². The van der Waals surface area contributed by atoms with Crippen molar-refractivity contribution in [2.24, 2.45) is 5.92 Å². The smallest absolute Gasteiger partial charge is 0.226 e. The van der Waals surface area contributed by atoms with E-state index in [4.69, 9.17) is 0 Å². The monoisotopic (exact) mass is 294 g/mol. The number of carbonyl (C=O) groups is 1. The van der Waals surface area contributed by atoms with Gasteiger partial charge in [0.1, 0.15) is 11.0 Å². The van der Waals surface area contributed by atoms with Gasteiger partial charge in [0.25, 0.3) is 0 Å². The van der Waals surface area contributed by atoms with E-state index >= 15 is 0 Å².